The van der Waals surface area contributed by atoms with Crippen molar-refractivity contribution in [3.63, 3.8) is 0 Å². The smallest absolute Gasteiger partial charge is 0.253 e. The molecule has 1 heterocycles. The van der Waals surface area contributed by atoms with E-state index in [1.54, 1.807) is 55.6 Å². The first kappa shape index (κ1) is 21.4. The third-order valence-corrected chi connectivity index (χ3v) is 5.29. The van der Waals surface area contributed by atoms with E-state index in [1.807, 2.05) is 4.90 Å². The summed E-state index contributed by atoms with van der Waals surface area (Å²) in [7, 11) is 1.56. The van der Waals surface area contributed by atoms with E-state index in [4.69, 9.17) is 0 Å². The molecular formula is C23H28N4O3. The molecule has 3 amide bonds. The maximum atomic E-state index is 12.6. The first-order valence-corrected chi connectivity index (χ1v) is 10.2. The Labute approximate surface area is 176 Å². The number of carbonyl (C=O) groups is 3. The van der Waals surface area contributed by atoms with Gasteiger partial charge in [-0.15, -0.1) is 0 Å². The highest BCUT2D eigenvalue weighted by Gasteiger charge is 2.21. The summed E-state index contributed by atoms with van der Waals surface area (Å²) in [5.74, 6) is 0.296. The molecule has 0 saturated carbocycles. The number of hydrogen-bond acceptors (Lipinski definition) is 4. The van der Waals surface area contributed by atoms with Gasteiger partial charge in [0.25, 0.3) is 11.8 Å². The first-order chi connectivity index (χ1) is 14.5. The summed E-state index contributed by atoms with van der Waals surface area (Å²) < 4.78 is 0. The van der Waals surface area contributed by atoms with Crippen LogP contribution < -0.4 is 16.0 Å². The predicted molar refractivity (Wildman–Crippen MR) is 118 cm³/mol. The van der Waals surface area contributed by atoms with Crippen LogP contribution >= 0.6 is 0 Å². The molecule has 0 bridgehead atoms. The molecule has 0 atom stereocenters. The number of nitrogens with zero attached hydrogens (tertiary/aromatic N) is 1. The highest BCUT2D eigenvalue weighted by molar-refractivity contribution is 5.98. The predicted octanol–water partition coefficient (Wildman–Crippen LogP) is 2.97. The molecule has 30 heavy (non-hydrogen) atoms. The Balaban J connectivity index is 1.50. The molecule has 0 unspecified atom stereocenters. The number of anilines is 2. The molecule has 7 nitrogen and oxygen atoms in total. The summed E-state index contributed by atoms with van der Waals surface area (Å²) in [6.07, 6.45) is 2.10. The molecule has 1 fully saturated rings. The number of hydrogen-bond donors (Lipinski definition) is 3. The van der Waals surface area contributed by atoms with E-state index in [0.29, 0.717) is 22.7 Å². The van der Waals surface area contributed by atoms with Gasteiger partial charge in [0.2, 0.25) is 5.91 Å². The average Bonchev–Trinajstić information content (AvgIpc) is 2.77. The average molecular weight is 409 g/mol. The molecule has 3 N–H and O–H groups in total. The zero-order valence-electron chi connectivity index (χ0n) is 17.4. The Kier molecular flexibility index (Phi) is 7.06. The van der Waals surface area contributed by atoms with Crippen molar-refractivity contribution >= 4 is 29.1 Å². The Morgan fingerprint density at radius 1 is 0.967 bits per heavy atom. The lowest BCUT2D eigenvalue weighted by molar-refractivity contribution is -0.114. The molecule has 1 aliphatic rings. The van der Waals surface area contributed by atoms with E-state index in [9.17, 15) is 14.4 Å². The standard InChI is InChI=1S/C23H28N4O3/c1-16-10-12-27(13-11-16)23(30)17-6-8-19(9-7-17)25-15-21(28)26-20-5-3-4-18(14-20)22(29)24-2/h3-9,14,16,25H,10-13,15H2,1-2H3,(H,24,29)(H,26,28). The zero-order chi connectivity index (χ0) is 21.5. The minimum absolute atomic E-state index is 0.0576. The molecule has 1 saturated heterocycles. The normalized spacial score (nSPS) is 14.1. The van der Waals surface area contributed by atoms with E-state index < -0.39 is 0 Å². The van der Waals surface area contributed by atoms with Crippen LogP contribution in [0.4, 0.5) is 11.4 Å². The number of piperidine rings is 1. The van der Waals surface area contributed by atoms with Gasteiger partial charge in [0.1, 0.15) is 0 Å². The molecule has 3 rings (SSSR count). The fourth-order valence-corrected chi connectivity index (χ4v) is 3.39. The van der Waals surface area contributed by atoms with Gasteiger partial charge < -0.3 is 20.9 Å². The maximum Gasteiger partial charge on any atom is 0.253 e. The van der Waals surface area contributed by atoms with Gasteiger partial charge in [-0.25, -0.2) is 0 Å². The molecule has 158 valence electrons. The fourth-order valence-electron chi connectivity index (χ4n) is 3.39. The fraction of sp³-hybridized carbons (Fsp3) is 0.348. The van der Waals surface area contributed by atoms with E-state index in [1.165, 1.54) is 0 Å². The van der Waals surface area contributed by atoms with E-state index in [0.717, 1.165) is 31.6 Å². The minimum Gasteiger partial charge on any atom is -0.376 e. The van der Waals surface area contributed by atoms with Crippen molar-refractivity contribution in [2.45, 2.75) is 19.8 Å². The van der Waals surface area contributed by atoms with Gasteiger partial charge in [0, 0.05) is 42.6 Å². The second-order valence-electron chi connectivity index (χ2n) is 7.61. The number of nitrogens with one attached hydrogen (secondary N) is 3. The lowest BCUT2D eigenvalue weighted by atomic mass is 9.98. The van der Waals surface area contributed by atoms with Crippen molar-refractivity contribution in [1.82, 2.24) is 10.2 Å². The highest BCUT2D eigenvalue weighted by atomic mass is 16.2. The van der Waals surface area contributed by atoms with Crippen LogP contribution in [0.15, 0.2) is 48.5 Å². The SMILES string of the molecule is CNC(=O)c1cccc(NC(=O)CNc2ccc(C(=O)N3CCC(C)CC3)cc2)c1. The molecule has 0 aromatic heterocycles. The Bertz CT molecular complexity index is 903. The van der Waals surface area contributed by atoms with Gasteiger partial charge in [0.15, 0.2) is 0 Å². The number of benzene rings is 2. The van der Waals surface area contributed by atoms with Crippen molar-refractivity contribution < 1.29 is 14.4 Å². The second-order valence-corrected chi connectivity index (χ2v) is 7.61. The molecule has 1 aliphatic heterocycles. The molecular weight excluding hydrogens is 380 g/mol. The van der Waals surface area contributed by atoms with Gasteiger partial charge >= 0.3 is 0 Å². The van der Waals surface area contributed by atoms with E-state index >= 15 is 0 Å². The van der Waals surface area contributed by atoms with Crippen LogP contribution in [0, 0.1) is 5.92 Å². The van der Waals surface area contributed by atoms with Crippen LogP contribution in [0.25, 0.3) is 0 Å². The molecule has 2 aromatic rings. The Hall–Kier alpha value is -3.35. The van der Waals surface area contributed by atoms with Crippen molar-refractivity contribution in [3.8, 4) is 0 Å². The van der Waals surface area contributed by atoms with Gasteiger partial charge in [-0.1, -0.05) is 13.0 Å². The number of likely N-dealkylation sites (tertiary alicyclic amines) is 1. The molecule has 2 aromatic carbocycles. The highest BCUT2D eigenvalue weighted by Crippen LogP contribution is 2.19. The van der Waals surface area contributed by atoms with Gasteiger partial charge in [-0.3, -0.25) is 14.4 Å². The van der Waals surface area contributed by atoms with Crippen molar-refractivity contribution in [1.29, 1.82) is 0 Å². The van der Waals surface area contributed by atoms with Crippen LogP contribution in [-0.2, 0) is 4.79 Å². The lowest BCUT2D eigenvalue weighted by Crippen LogP contribution is -2.37. The molecule has 0 aliphatic carbocycles. The summed E-state index contributed by atoms with van der Waals surface area (Å²) in [6.45, 7) is 3.90. The summed E-state index contributed by atoms with van der Waals surface area (Å²) >= 11 is 0. The van der Waals surface area contributed by atoms with Crippen molar-refractivity contribution in [2.24, 2.45) is 5.92 Å². The minimum atomic E-state index is -0.230. The van der Waals surface area contributed by atoms with Gasteiger partial charge in [0.05, 0.1) is 6.54 Å². The third-order valence-electron chi connectivity index (χ3n) is 5.29. The van der Waals surface area contributed by atoms with Crippen LogP contribution in [0.3, 0.4) is 0 Å². The van der Waals surface area contributed by atoms with Crippen molar-refractivity contribution in [2.75, 3.05) is 37.3 Å². The van der Waals surface area contributed by atoms with Gasteiger partial charge in [-0.2, -0.15) is 0 Å². The lowest BCUT2D eigenvalue weighted by Gasteiger charge is -2.30. The summed E-state index contributed by atoms with van der Waals surface area (Å²) in [5, 5.41) is 8.37. The molecule has 7 heteroatoms. The van der Waals surface area contributed by atoms with Crippen molar-refractivity contribution in [3.05, 3.63) is 59.7 Å². The number of carbonyl (C=O) groups excluding carboxylic acids is 3. The summed E-state index contributed by atoms with van der Waals surface area (Å²) in [4.78, 5) is 38.4. The van der Waals surface area contributed by atoms with Crippen LogP contribution in [0.1, 0.15) is 40.5 Å². The van der Waals surface area contributed by atoms with Gasteiger partial charge in [-0.05, 0) is 61.2 Å². The summed E-state index contributed by atoms with van der Waals surface area (Å²) in [6, 6.07) is 13.9. The van der Waals surface area contributed by atoms with Crippen LogP contribution in [0.2, 0.25) is 0 Å². The Morgan fingerprint density at radius 2 is 1.67 bits per heavy atom. The first-order valence-electron chi connectivity index (χ1n) is 10.2. The molecule has 0 radical (unpaired) electrons. The topological polar surface area (TPSA) is 90.5 Å². The monoisotopic (exact) mass is 408 g/mol. The second kappa shape index (κ2) is 9.91. The van der Waals surface area contributed by atoms with Crippen LogP contribution in [-0.4, -0.2) is 49.3 Å². The van der Waals surface area contributed by atoms with Crippen LogP contribution in [0.5, 0.6) is 0 Å². The Morgan fingerprint density at radius 3 is 2.33 bits per heavy atom. The third kappa shape index (κ3) is 5.59. The van der Waals surface area contributed by atoms with E-state index in [-0.39, 0.29) is 24.3 Å². The summed E-state index contributed by atoms with van der Waals surface area (Å²) in [5.41, 5.74) is 2.45. The zero-order valence-corrected chi connectivity index (χ0v) is 17.4. The number of amides is 3. The maximum absolute atomic E-state index is 12.6. The largest absolute Gasteiger partial charge is 0.376 e. The number of rotatable bonds is 6. The van der Waals surface area contributed by atoms with E-state index in [2.05, 4.69) is 22.9 Å². The quantitative estimate of drug-likeness (QED) is 0.685. The molecule has 0 spiro atoms.